The van der Waals surface area contributed by atoms with Gasteiger partial charge in [-0.15, -0.1) is 0 Å². The average Bonchev–Trinajstić information content (AvgIpc) is 3.58. The fourth-order valence-corrected chi connectivity index (χ4v) is 21.4. The Labute approximate surface area is 472 Å². The second-order valence-electron chi connectivity index (χ2n) is 30.6. The lowest BCUT2D eigenvalue weighted by Crippen LogP contribution is -2.64. The maximum Gasteiger partial charge on any atom is 0.0575 e. The molecule has 438 valence electrons. The first-order chi connectivity index (χ1) is 37.4. The Morgan fingerprint density at radius 3 is 0.961 bits per heavy atom. The predicted octanol–water partition coefficient (Wildman–Crippen LogP) is 20.1. The summed E-state index contributed by atoms with van der Waals surface area (Å²) in [5.74, 6) is 12.0. The van der Waals surface area contributed by atoms with Crippen molar-refractivity contribution in [3.05, 3.63) is 0 Å². The maximum atomic E-state index is 6.47. The molecule has 0 bridgehead atoms. The third-order valence-corrected chi connectivity index (χ3v) is 25.6. The summed E-state index contributed by atoms with van der Waals surface area (Å²) in [6.07, 6.45) is 68.7. The fourth-order valence-electron chi connectivity index (χ4n) is 21.4. The molecule has 0 saturated heterocycles. The molecule has 0 aromatic heterocycles. The summed E-state index contributed by atoms with van der Waals surface area (Å²) in [5, 5.41) is 0. The summed E-state index contributed by atoms with van der Waals surface area (Å²) in [5.41, 5.74) is 0. The number of hydrogen-bond acceptors (Lipinski definition) is 4. The zero-order valence-corrected chi connectivity index (χ0v) is 51.2. The van der Waals surface area contributed by atoms with Crippen LogP contribution in [0.25, 0.3) is 0 Å². The van der Waals surface area contributed by atoms with Crippen molar-refractivity contribution in [3.63, 3.8) is 0 Å². The summed E-state index contributed by atoms with van der Waals surface area (Å²) < 4.78 is 12.9. The van der Waals surface area contributed by atoms with Gasteiger partial charge in [0.15, 0.2) is 0 Å². The van der Waals surface area contributed by atoms with Crippen LogP contribution in [0.4, 0.5) is 0 Å². The molecule has 10 aliphatic rings. The van der Waals surface area contributed by atoms with Crippen LogP contribution in [0, 0.1) is 71.0 Å². The van der Waals surface area contributed by atoms with Gasteiger partial charge in [-0.1, -0.05) is 91.9 Å². The molecular formula is C72H128N2O2. The van der Waals surface area contributed by atoms with Crippen LogP contribution in [-0.4, -0.2) is 71.5 Å². The fraction of sp³-hybridized carbons (Fsp3) is 1.00. The van der Waals surface area contributed by atoms with Crippen molar-refractivity contribution in [1.82, 2.24) is 9.80 Å². The monoisotopic (exact) mass is 1050 g/mol. The molecule has 0 aromatic rings. The molecule has 10 rings (SSSR count). The van der Waals surface area contributed by atoms with Crippen molar-refractivity contribution in [2.24, 2.45) is 71.0 Å². The van der Waals surface area contributed by atoms with E-state index in [1.165, 1.54) is 244 Å². The second-order valence-corrected chi connectivity index (χ2v) is 30.6. The molecule has 0 aliphatic heterocycles. The van der Waals surface area contributed by atoms with Crippen LogP contribution in [0.3, 0.4) is 0 Å². The highest BCUT2D eigenvalue weighted by atomic mass is 16.5. The predicted molar refractivity (Wildman–Crippen MR) is 323 cm³/mol. The third kappa shape index (κ3) is 15.7. The van der Waals surface area contributed by atoms with Crippen LogP contribution in [0.5, 0.6) is 0 Å². The summed E-state index contributed by atoms with van der Waals surface area (Å²) in [4.78, 5) is 6.90. The highest BCUT2D eigenvalue weighted by Gasteiger charge is 2.58. The van der Waals surface area contributed by atoms with Crippen molar-refractivity contribution < 1.29 is 9.47 Å². The average molecular weight is 1050 g/mol. The van der Waals surface area contributed by atoms with Gasteiger partial charge in [0.1, 0.15) is 0 Å². The Kier molecular flexibility index (Phi) is 23.6. The minimum atomic E-state index is 0.564. The molecule has 10 aliphatic carbocycles. The molecule has 0 radical (unpaired) electrons. The number of rotatable bonds is 26. The molecule has 8 unspecified atom stereocenters. The van der Waals surface area contributed by atoms with Crippen LogP contribution in [0.2, 0.25) is 0 Å². The minimum absolute atomic E-state index is 0.564. The van der Waals surface area contributed by atoms with Crippen LogP contribution >= 0.6 is 0 Å². The molecule has 4 heteroatoms. The standard InChI is InChI=1S/C72H128N2O2/c1-5-7-9-11-13-15-49-75-65-41-25-57(26-42-65)51-55-21-37-63(38-22-55)73(61-33-17-53(3)18-34-61)69-47-31-59-30-46-68-70(48-32-60-29-45-67(69)71(59)72(60)68)74(62-35-19-54(4)20-36-62)64-39-23-56(24-40-64)52-58-27-43-66(44-28-58)76-50-16-14-12-10-8-6-2/h53-72H,5-52H2,1-4H3. The normalized spacial score (nSPS) is 42.2. The largest absolute Gasteiger partial charge is 0.378 e. The lowest BCUT2D eigenvalue weighted by atomic mass is 9.46. The molecule has 0 heterocycles. The SMILES string of the molecule is CCCCCCCCOC1CCC(CC2CCC(N(C3CCC(C)CC3)C3CCC4CCC5C6C(CCC3C46)CCC5N(C3CCC(C)CC3)C3CCC(CC4CCC(OCCCCCCCC)CC4)CC3)CC2)CC1. The van der Waals surface area contributed by atoms with E-state index in [-0.39, 0.29) is 0 Å². The van der Waals surface area contributed by atoms with E-state index in [0.29, 0.717) is 12.2 Å². The molecule has 8 atom stereocenters. The van der Waals surface area contributed by atoms with Gasteiger partial charge in [-0.3, -0.25) is 9.80 Å². The van der Waals surface area contributed by atoms with Gasteiger partial charge in [-0.25, -0.2) is 0 Å². The van der Waals surface area contributed by atoms with Gasteiger partial charge >= 0.3 is 0 Å². The zero-order chi connectivity index (χ0) is 52.1. The van der Waals surface area contributed by atoms with E-state index in [0.717, 1.165) is 120 Å². The summed E-state index contributed by atoms with van der Waals surface area (Å²) in [7, 11) is 0. The van der Waals surface area contributed by atoms with Crippen molar-refractivity contribution in [2.75, 3.05) is 13.2 Å². The van der Waals surface area contributed by atoms with E-state index in [4.69, 9.17) is 9.47 Å². The van der Waals surface area contributed by atoms with Crippen molar-refractivity contribution in [3.8, 4) is 0 Å². The summed E-state index contributed by atoms with van der Waals surface area (Å²) >= 11 is 0. The van der Waals surface area contributed by atoms with E-state index in [9.17, 15) is 0 Å². The van der Waals surface area contributed by atoms with E-state index in [2.05, 4.69) is 37.5 Å². The molecule has 0 amide bonds. The lowest BCUT2D eigenvalue weighted by molar-refractivity contribution is -0.150. The molecule has 10 saturated carbocycles. The molecule has 0 aromatic carbocycles. The minimum Gasteiger partial charge on any atom is -0.378 e. The van der Waals surface area contributed by atoms with Crippen LogP contribution < -0.4 is 0 Å². The molecule has 10 fully saturated rings. The maximum absolute atomic E-state index is 6.47. The van der Waals surface area contributed by atoms with Gasteiger partial charge in [0.05, 0.1) is 12.2 Å². The van der Waals surface area contributed by atoms with E-state index in [1.807, 2.05) is 0 Å². The third-order valence-electron chi connectivity index (χ3n) is 25.6. The topological polar surface area (TPSA) is 24.9 Å². The molecule has 0 N–H and O–H groups in total. The quantitative estimate of drug-likeness (QED) is 0.0806. The molecule has 4 nitrogen and oxygen atoms in total. The second kappa shape index (κ2) is 30.4. The highest BCUT2D eigenvalue weighted by Crippen LogP contribution is 2.62. The van der Waals surface area contributed by atoms with Gasteiger partial charge in [-0.05, 0) is 302 Å². The number of nitrogens with zero attached hydrogens (tertiary/aromatic N) is 2. The van der Waals surface area contributed by atoms with Crippen molar-refractivity contribution >= 4 is 0 Å². The first kappa shape index (κ1) is 59.0. The Hall–Kier alpha value is -0.160. The number of hydrogen-bond donors (Lipinski definition) is 0. The van der Waals surface area contributed by atoms with E-state index < -0.39 is 0 Å². The van der Waals surface area contributed by atoms with E-state index >= 15 is 0 Å². The number of unbranched alkanes of at least 4 members (excludes halogenated alkanes) is 10. The van der Waals surface area contributed by atoms with E-state index in [1.54, 1.807) is 51.4 Å². The Morgan fingerprint density at radius 2 is 0.605 bits per heavy atom. The molecule has 0 spiro atoms. The Balaban J connectivity index is 0.743. The number of ether oxygens (including phenoxy) is 2. The molecular weight excluding hydrogens is 925 g/mol. The van der Waals surface area contributed by atoms with Gasteiger partial charge in [-0.2, -0.15) is 0 Å². The summed E-state index contributed by atoms with van der Waals surface area (Å²) in [6.45, 7) is 11.8. The zero-order valence-electron chi connectivity index (χ0n) is 51.2. The van der Waals surface area contributed by atoms with Crippen molar-refractivity contribution in [1.29, 1.82) is 0 Å². The Bertz CT molecular complexity index is 1450. The smallest absolute Gasteiger partial charge is 0.0575 e. The first-order valence-electron chi connectivity index (χ1n) is 36.2. The van der Waals surface area contributed by atoms with Crippen LogP contribution in [0.1, 0.15) is 323 Å². The van der Waals surface area contributed by atoms with Gasteiger partial charge in [0, 0.05) is 49.5 Å². The lowest BCUT2D eigenvalue weighted by Gasteiger charge is -2.64. The molecule has 76 heavy (non-hydrogen) atoms. The highest BCUT2D eigenvalue weighted by molar-refractivity contribution is 5.10. The first-order valence-corrected chi connectivity index (χ1v) is 36.2. The van der Waals surface area contributed by atoms with Crippen LogP contribution in [0.15, 0.2) is 0 Å². The van der Waals surface area contributed by atoms with Gasteiger partial charge < -0.3 is 9.47 Å². The van der Waals surface area contributed by atoms with Crippen molar-refractivity contribution in [2.45, 2.75) is 372 Å². The Morgan fingerprint density at radius 1 is 0.303 bits per heavy atom. The van der Waals surface area contributed by atoms with Gasteiger partial charge in [0.25, 0.3) is 0 Å². The summed E-state index contributed by atoms with van der Waals surface area (Å²) in [6, 6.07) is 5.30. The van der Waals surface area contributed by atoms with Crippen LogP contribution in [-0.2, 0) is 9.47 Å². The van der Waals surface area contributed by atoms with Gasteiger partial charge in [0.2, 0.25) is 0 Å².